The zero-order chi connectivity index (χ0) is 16.6. The Morgan fingerprint density at radius 2 is 1.91 bits per heavy atom. The van der Waals surface area contributed by atoms with E-state index in [1.165, 1.54) is 11.8 Å². The summed E-state index contributed by atoms with van der Waals surface area (Å²) in [7, 11) is 0. The van der Waals surface area contributed by atoms with Crippen LogP contribution < -0.4 is 0 Å². The monoisotopic (exact) mass is 313 g/mol. The molecular weight excluding hydrogens is 294 g/mol. The minimum atomic E-state index is -1.28. The number of carbonyl (C=O) groups excluding carboxylic acids is 4. The molecule has 2 amide bonds. The molecule has 5 nitrogen and oxygen atoms in total. The largest absolute Gasteiger partial charge is 0.299 e. The molecule has 2 fully saturated rings. The quantitative estimate of drug-likeness (QED) is 0.628. The average Bonchev–Trinajstić information content (AvgIpc) is 3.04. The molecule has 5 heteroatoms. The molecule has 3 rings (SSSR count). The second-order valence-electron chi connectivity index (χ2n) is 6.36. The van der Waals surface area contributed by atoms with Gasteiger partial charge in [-0.15, -0.1) is 0 Å². The van der Waals surface area contributed by atoms with E-state index in [4.69, 9.17) is 0 Å². The Morgan fingerprint density at radius 1 is 1.22 bits per heavy atom. The minimum Gasteiger partial charge on any atom is -0.299 e. The van der Waals surface area contributed by atoms with Crippen molar-refractivity contribution in [2.75, 3.05) is 0 Å². The number of ketones is 2. The first-order valence-corrected chi connectivity index (χ1v) is 7.89. The van der Waals surface area contributed by atoms with Crippen LogP contribution in [0.25, 0.3) is 0 Å². The van der Waals surface area contributed by atoms with E-state index in [1.54, 1.807) is 0 Å². The van der Waals surface area contributed by atoms with Crippen molar-refractivity contribution in [3.63, 3.8) is 0 Å². The Hall–Kier alpha value is -2.30. The van der Waals surface area contributed by atoms with Gasteiger partial charge in [-0.05, 0) is 25.3 Å². The van der Waals surface area contributed by atoms with E-state index in [9.17, 15) is 19.2 Å². The standard InChI is InChI=1S/C18H19NO4/c1-12(20)18(9-5-8-15(18)21)14-10-16(22)19(17(14)23)11-13-6-3-2-4-7-13/h2-4,6-7,14H,5,8-11H2,1H3. The highest BCUT2D eigenvalue weighted by atomic mass is 16.2. The van der Waals surface area contributed by atoms with Gasteiger partial charge in [-0.3, -0.25) is 24.1 Å². The predicted molar refractivity (Wildman–Crippen MR) is 82.1 cm³/mol. The topological polar surface area (TPSA) is 71.5 Å². The number of nitrogens with zero attached hydrogens (tertiary/aromatic N) is 1. The number of hydrogen-bond acceptors (Lipinski definition) is 4. The summed E-state index contributed by atoms with van der Waals surface area (Å²) in [5.41, 5.74) is -0.428. The molecular formula is C18H19NO4. The van der Waals surface area contributed by atoms with Gasteiger partial charge in [0.1, 0.15) is 11.6 Å². The molecule has 0 bridgehead atoms. The molecule has 1 saturated carbocycles. The van der Waals surface area contributed by atoms with Gasteiger partial charge in [-0.2, -0.15) is 0 Å². The molecule has 1 heterocycles. The molecule has 23 heavy (non-hydrogen) atoms. The van der Waals surface area contributed by atoms with Gasteiger partial charge in [0.2, 0.25) is 11.8 Å². The number of likely N-dealkylation sites (tertiary alicyclic amines) is 1. The lowest BCUT2D eigenvalue weighted by Gasteiger charge is -2.29. The molecule has 2 aliphatic rings. The molecule has 1 aromatic rings. The molecule has 0 spiro atoms. The summed E-state index contributed by atoms with van der Waals surface area (Å²) in [6, 6.07) is 9.23. The first-order valence-electron chi connectivity index (χ1n) is 7.89. The van der Waals surface area contributed by atoms with Gasteiger partial charge in [0.05, 0.1) is 17.9 Å². The van der Waals surface area contributed by atoms with Crippen LogP contribution >= 0.6 is 0 Å². The van der Waals surface area contributed by atoms with Crippen LogP contribution in [0.4, 0.5) is 0 Å². The van der Waals surface area contributed by atoms with Crippen molar-refractivity contribution in [2.45, 2.75) is 39.2 Å². The van der Waals surface area contributed by atoms with E-state index in [0.717, 1.165) is 5.56 Å². The number of Topliss-reactive ketones (excluding diaryl/α,β-unsaturated/α-hetero) is 2. The summed E-state index contributed by atoms with van der Waals surface area (Å²) in [6.45, 7) is 1.55. The number of rotatable bonds is 4. The summed E-state index contributed by atoms with van der Waals surface area (Å²) in [4.78, 5) is 50.8. The van der Waals surface area contributed by atoms with Gasteiger partial charge in [0.25, 0.3) is 0 Å². The van der Waals surface area contributed by atoms with E-state index in [-0.39, 0.29) is 36.3 Å². The highest BCUT2D eigenvalue weighted by molar-refractivity contribution is 6.15. The number of carbonyl (C=O) groups is 4. The summed E-state index contributed by atoms with van der Waals surface area (Å²) in [6.07, 6.45) is 1.26. The Balaban J connectivity index is 1.89. The van der Waals surface area contributed by atoms with Crippen LogP contribution in [0.5, 0.6) is 0 Å². The second kappa shape index (κ2) is 5.72. The van der Waals surface area contributed by atoms with Crippen molar-refractivity contribution in [3.05, 3.63) is 35.9 Å². The highest BCUT2D eigenvalue weighted by Crippen LogP contribution is 2.47. The van der Waals surface area contributed by atoms with Gasteiger partial charge in [-0.1, -0.05) is 30.3 Å². The lowest BCUT2D eigenvalue weighted by molar-refractivity contribution is -0.149. The molecule has 1 saturated heterocycles. The van der Waals surface area contributed by atoms with Gasteiger partial charge in [-0.25, -0.2) is 0 Å². The van der Waals surface area contributed by atoms with Crippen molar-refractivity contribution >= 4 is 23.4 Å². The summed E-state index contributed by atoms with van der Waals surface area (Å²) in [5.74, 6) is -1.98. The molecule has 0 radical (unpaired) electrons. The van der Waals surface area contributed by atoms with Crippen LogP contribution in [0.1, 0.15) is 38.2 Å². The van der Waals surface area contributed by atoms with Gasteiger partial charge >= 0.3 is 0 Å². The van der Waals surface area contributed by atoms with Crippen LogP contribution in [0, 0.1) is 11.3 Å². The van der Waals surface area contributed by atoms with Crippen LogP contribution in [-0.2, 0) is 25.7 Å². The maximum Gasteiger partial charge on any atom is 0.234 e. The van der Waals surface area contributed by atoms with Crippen molar-refractivity contribution in [1.29, 1.82) is 0 Å². The normalized spacial score (nSPS) is 27.8. The minimum absolute atomic E-state index is 0.0447. The van der Waals surface area contributed by atoms with Crippen molar-refractivity contribution in [1.82, 2.24) is 4.90 Å². The maximum absolute atomic E-state index is 12.8. The third kappa shape index (κ3) is 2.40. The first kappa shape index (κ1) is 15.6. The molecule has 0 N–H and O–H groups in total. The number of hydrogen-bond donors (Lipinski definition) is 0. The zero-order valence-corrected chi connectivity index (χ0v) is 13.1. The second-order valence-corrected chi connectivity index (χ2v) is 6.36. The van der Waals surface area contributed by atoms with Crippen LogP contribution in [0.15, 0.2) is 30.3 Å². The van der Waals surface area contributed by atoms with Crippen molar-refractivity contribution in [3.8, 4) is 0 Å². The Labute approximate surface area is 134 Å². The lowest BCUT2D eigenvalue weighted by Crippen LogP contribution is -2.45. The first-order chi connectivity index (χ1) is 11.0. The van der Waals surface area contributed by atoms with E-state index in [1.807, 2.05) is 30.3 Å². The van der Waals surface area contributed by atoms with Crippen molar-refractivity contribution in [2.24, 2.45) is 11.3 Å². The molecule has 2 atom stereocenters. The fourth-order valence-corrected chi connectivity index (χ4v) is 3.88. The Morgan fingerprint density at radius 3 is 2.48 bits per heavy atom. The molecule has 1 aromatic carbocycles. The molecule has 2 unspecified atom stereocenters. The SMILES string of the molecule is CC(=O)C1(C2CC(=O)N(Cc3ccccc3)C2=O)CCCC1=O. The maximum atomic E-state index is 12.8. The molecule has 120 valence electrons. The third-order valence-electron chi connectivity index (χ3n) is 5.12. The fraction of sp³-hybridized carbons (Fsp3) is 0.444. The number of imide groups is 1. The van der Waals surface area contributed by atoms with E-state index in [2.05, 4.69) is 0 Å². The number of amides is 2. The van der Waals surface area contributed by atoms with Crippen LogP contribution in [0.3, 0.4) is 0 Å². The number of benzene rings is 1. The summed E-state index contributed by atoms with van der Waals surface area (Å²) in [5, 5.41) is 0. The Kier molecular flexibility index (Phi) is 3.88. The highest BCUT2D eigenvalue weighted by Gasteiger charge is 2.59. The van der Waals surface area contributed by atoms with Crippen LogP contribution in [0.2, 0.25) is 0 Å². The smallest absolute Gasteiger partial charge is 0.234 e. The summed E-state index contributed by atoms with van der Waals surface area (Å²) < 4.78 is 0. The Bertz CT molecular complexity index is 682. The average molecular weight is 313 g/mol. The zero-order valence-electron chi connectivity index (χ0n) is 13.1. The lowest BCUT2D eigenvalue weighted by atomic mass is 9.69. The molecule has 1 aliphatic heterocycles. The van der Waals surface area contributed by atoms with Gasteiger partial charge in [0, 0.05) is 12.8 Å². The fourth-order valence-electron chi connectivity index (χ4n) is 3.88. The van der Waals surface area contributed by atoms with Crippen LogP contribution in [-0.4, -0.2) is 28.3 Å². The molecule has 0 aromatic heterocycles. The predicted octanol–water partition coefficient (Wildman–Crippen LogP) is 1.89. The van der Waals surface area contributed by atoms with E-state index >= 15 is 0 Å². The van der Waals surface area contributed by atoms with Crippen molar-refractivity contribution < 1.29 is 19.2 Å². The van der Waals surface area contributed by atoms with Gasteiger partial charge < -0.3 is 0 Å². The van der Waals surface area contributed by atoms with E-state index < -0.39 is 11.3 Å². The third-order valence-corrected chi connectivity index (χ3v) is 5.12. The van der Waals surface area contributed by atoms with E-state index in [0.29, 0.717) is 19.3 Å². The molecule has 1 aliphatic carbocycles. The van der Waals surface area contributed by atoms with Gasteiger partial charge in [0.15, 0.2) is 0 Å². The summed E-state index contributed by atoms with van der Waals surface area (Å²) >= 11 is 0.